The minimum atomic E-state index is 0.889. The van der Waals surface area contributed by atoms with Crippen LogP contribution in [0.4, 0.5) is 0 Å². The molecule has 0 atom stereocenters. The van der Waals surface area contributed by atoms with Crippen molar-refractivity contribution in [3.63, 3.8) is 0 Å². The summed E-state index contributed by atoms with van der Waals surface area (Å²) in [5.41, 5.74) is 0. The molecule has 0 heteroatoms. The van der Waals surface area contributed by atoms with E-state index in [2.05, 4.69) is 27.2 Å². The highest BCUT2D eigenvalue weighted by atomic mass is 14.1. The van der Waals surface area contributed by atoms with Gasteiger partial charge >= 0.3 is 0 Å². The highest BCUT2D eigenvalue weighted by Crippen LogP contribution is 2.15. The summed E-state index contributed by atoms with van der Waals surface area (Å²) < 4.78 is 0. The van der Waals surface area contributed by atoms with Gasteiger partial charge in [0.05, 0.1) is 0 Å². The SMILES string of the molecule is C[CH]C(CCC)CCC. The Morgan fingerprint density at radius 2 is 1.56 bits per heavy atom. The van der Waals surface area contributed by atoms with Gasteiger partial charge in [0.2, 0.25) is 0 Å². The predicted octanol–water partition coefficient (Wildman–Crippen LogP) is 3.43. The first-order valence-corrected chi connectivity index (χ1v) is 4.14. The highest BCUT2D eigenvalue weighted by Gasteiger charge is 2.01. The Balaban J connectivity index is 3.18. The van der Waals surface area contributed by atoms with E-state index < -0.39 is 0 Å². The maximum Gasteiger partial charge on any atom is -0.0386 e. The topological polar surface area (TPSA) is 0 Å². The van der Waals surface area contributed by atoms with Crippen LogP contribution in [0.5, 0.6) is 0 Å². The third-order valence-corrected chi connectivity index (χ3v) is 1.79. The zero-order chi connectivity index (χ0) is 7.11. The van der Waals surface area contributed by atoms with E-state index in [0.29, 0.717) is 0 Å². The van der Waals surface area contributed by atoms with Crippen LogP contribution in [-0.4, -0.2) is 0 Å². The molecule has 0 aliphatic rings. The van der Waals surface area contributed by atoms with E-state index in [-0.39, 0.29) is 0 Å². The zero-order valence-corrected chi connectivity index (χ0v) is 6.98. The molecule has 0 unspecified atom stereocenters. The maximum atomic E-state index is 2.34. The lowest BCUT2D eigenvalue weighted by atomic mass is 9.96. The largest absolute Gasteiger partial charge is 0.0654 e. The van der Waals surface area contributed by atoms with Crippen LogP contribution in [0.15, 0.2) is 0 Å². The van der Waals surface area contributed by atoms with E-state index in [1.165, 1.54) is 25.7 Å². The molecule has 55 valence electrons. The highest BCUT2D eigenvalue weighted by molar-refractivity contribution is 4.69. The van der Waals surface area contributed by atoms with Gasteiger partial charge in [0.25, 0.3) is 0 Å². The van der Waals surface area contributed by atoms with Crippen molar-refractivity contribution in [1.29, 1.82) is 0 Å². The molecule has 0 bridgehead atoms. The van der Waals surface area contributed by atoms with Gasteiger partial charge in [-0.1, -0.05) is 46.5 Å². The van der Waals surface area contributed by atoms with Crippen LogP contribution in [0.25, 0.3) is 0 Å². The van der Waals surface area contributed by atoms with Crippen molar-refractivity contribution in [2.45, 2.75) is 46.5 Å². The minimum Gasteiger partial charge on any atom is -0.0654 e. The second-order valence-corrected chi connectivity index (χ2v) is 2.67. The molecule has 0 aromatic carbocycles. The summed E-state index contributed by atoms with van der Waals surface area (Å²) in [5.74, 6) is 0.889. The van der Waals surface area contributed by atoms with Crippen molar-refractivity contribution >= 4 is 0 Å². The van der Waals surface area contributed by atoms with Gasteiger partial charge in [-0.2, -0.15) is 0 Å². The molecule has 0 nitrogen and oxygen atoms in total. The van der Waals surface area contributed by atoms with E-state index in [1.807, 2.05) is 0 Å². The fourth-order valence-electron chi connectivity index (χ4n) is 1.22. The van der Waals surface area contributed by atoms with E-state index in [1.54, 1.807) is 0 Å². The van der Waals surface area contributed by atoms with Crippen LogP contribution in [0.1, 0.15) is 46.5 Å². The Morgan fingerprint density at radius 3 is 1.78 bits per heavy atom. The van der Waals surface area contributed by atoms with Crippen LogP contribution in [0.2, 0.25) is 0 Å². The Morgan fingerprint density at radius 1 is 1.11 bits per heavy atom. The average Bonchev–Trinajstić information content (AvgIpc) is 1.88. The summed E-state index contributed by atoms with van der Waals surface area (Å²) in [5, 5.41) is 0. The number of hydrogen-bond donors (Lipinski definition) is 0. The molecule has 0 rings (SSSR count). The van der Waals surface area contributed by atoms with Crippen molar-refractivity contribution in [1.82, 2.24) is 0 Å². The normalized spacial score (nSPS) is 10.7. The van der Waals surface area contributed by atoms with Crippen LogP contribution < -0.4 is 0 Å². The zero-order valence-electron chi connectivity index (χ0n) is 6.98. The van der Waals surface area contributed by atoms with E-state index in [0.717, 1.165) is 5.92 Å². The van der Waals surface area contributed by atoms with Crippen molar-refractivity contribution in [2.24, 2.45) is 5.92 Å². The molecule has 0 N–H and O–H groups in total. The molecule has 0 heterocycles. The molecular weight excluding hydrogens is 108 g/mol. The van der Waals surface area contributed by atoms with Gasteiger partial charge in [-0.3, -0.25) is 0 Å². The molecular formula is C9H19. The molecule has 0 fully saturated rings. The average molecular weight is 127 g/mol. The van der Waals surface area contributed by atoms with Crippen molar-refractivity contribution < 1.29 is 0 Å². The van der Waals surface area contributed by atoms with Gasteiger partial charge in [-0.15, -0.1) is 0 Å². The summed E-state index contributed by atoms with van der Waals surface area (Å²) in [6.07, 6.45) is 7.76. The van der Waals surface area contributed by atoms with Gasteiger partial charge in [-0.05, 0) is 12.3 Å². The van der Waals surface area contributed by atoms with Crippen molar-refractivity contribution in [3.05, 3.63) is 6.42 Å². The first kappa shape index (κ1) is 9.00. The fourth-order valence-corrected chi connectivity index (χ4v) is 1.22. The van der Waals surface area contributed by atoms with Crippen LogP contribution in [0, 0.1) is 12.3 Å². The smallest absolute Gasteiger partial charge is 0.0386 e. The molecule has 0 aliphatic heterocycles. The fraction of sp³-hybridized carbons (Fsp3) is 0.889. The van der Waals surface area contributed by atoms with Gasteiger partial charge in [0.15, 0.2) is 0 Å². The Kier molecular flexibility index (Phi) is 6.12. The minimum absolute atomic E-state index is 0.889. The molecule has 0 aliphatic carbocycles. The summed E-state index contributed by atoms with van der Waals surface area (Å²) in [6.45, 7) is 6.69. The van der Waals surface area contributed by atoms with Gasteiger partial charge in [0, 0.05) is 0 Å². The second-order valence-electron chi connectivity index (χ2n) is 2.67. The molecule has 0 saturated carbocycles. The molecule has 0 spiro atoms. The summed E-state index contributed by atoms with van der Waals surface area (Å²) in [4.78, 5) is 0. The molecule has 1 radical (unpaired) electrons. The molecule has 9 heavy (non-hydrogen) atoms. The van der Waals surface area contributed by atoms with Crippen molar-refractivity contribution in [3.8, 4) is 0 Å². The third kappa shape index (κ3) is 4.50. The van der Waals surface area contributed by atoms with Crippen LogP contribution in [-0.2, 0) is 0 Å². The summed E-state index contributed by atoms with van der Waals surface area (Å²) >= 11 is 0. The van der Waals surface area contributed by atoms with Gasteiger partial charge < -0.3 is 0 Å². The Hall–Kier alpha value is 0. The lowest BCUT2D eigenvalue weighted by molar-refractivity contribution is 0.499. The number of hydrogen-bond acceptors (Lipinski definition) is 0. The molecule has 0 aromatic heterocycles. The Labute approximate surface area is 59.7 Å². The van der Waals surface area contributed by atoms with Gasteiger partial charge in [0.1, 0.15) is 0 Å². The molecule has 0 aromatic rings. The van der Waals surface area contributed by atoms with Crippen LogP contribution >= 0.6 is 0 Å². The van der Waals surface area contributed by atoms with E-state index in [9.17, 15) is 0 Å². The predicted molar refractivity (Wildman–Crippen MR) is 43.3 cm³/mol. The second kappa shape index (κ2) is 6.12. The maximum absolute atomic E-state index is 2.34. The summed E-state index contributed by atoms with van der Waals surface area (Å²) in [7, 11) is 0. The first-order chi connectivity index (χ1) is 4.35. The third-order valence-electron chi connectivity index (χ3n) is 1.79. The quantitative estimate of drug-likeness (QED) is 0.530. The standard InChI is InChI=1S/C9H19/c1-4-7-9(6-3)8-5-2/h6,9H,4-5,7-8H2,1-3H3. The van der Waals surface area contributed by atoms with Crippen LogP contribution in [0.3, 0.4) is 0 Å². The van der Waals surface area contributed by atoms with E-state index in [4.69, 9.17) is 0 Å². The summed E-state index contributed by atoms with van der Waals surface area (Å²) in [6, 6.07) is 0. The lowest BCUT2D eigenvalue weighted by Crippen LogP contribution is -1.97. The van der Waals surface area contributed by atoms with E-state index >= 15 is 0 Å². The lowest BCUT2D eigenvalue weighted by Gasteiger charge is -2.10. The number of rotatable bonds is 5. The molecule has 0 saturated heterocycles. The monoisotopic (exact) mass is 127 g/mol. The van der Waals surface area contributed by atoms with Gasteiger partial charge in [-0.25, -0.2) is 0 Å². The first-order valence-electron chi connectivity index (χ1n) is 4.14. The van der Waals surface area contributed by atoms with Crippen molar-refractivity contribution in [2.75, 3.05) is 0 Å². The Bertz CT molecular complexity index is 42.0. The molecule has 0 amide bonds.